The van der Waals surface area contributed by atoms with Gasteiger partial charge in [-0.25, -0.2) is 9.97 Å². The first-order valence-electron chi connectivity index (χ1n) is 6.30. The summed E-state index contributed by atoms with van der Waals surface area (Å²) in [7, 11) is 0. The van der Waals surface area contributed by atoms with Crippen LogP contribution in [0.5, 0.6) is 0 Å². The van der Waals surface area contributed by atoms with Gasteiger partial charge in [-0.15, -0.1) is 0 Å². The Hall–Kier alpha value is -2.50. The normalized spacial score (nSPS) is 10.2. The lowest BCUT2D eigenvalue weighted by Crippen LogP contribution is -2.19. The highest BCUT2D eigenvalue weighted by molar-refractivity contribution is 5.72. The minimum Gasteiger partial charge on any atom is -0.466 e. The molecule has 0 aliphatic carbocycles. The van der Waals surface area contributed by atoms with E-state index in [9.17, 15) is 9.59 Å². The number of pyridine rings is 1. The van der Waals surface area contributed by atoms with Gasteiger partial charge in [-0.2, -0.15) is 0 Å². The Morgan fingerprint density at radius 3 is 2.70 bits per heavy atom. The summed E-state index contributed by atoms with van der Waals surface area (Å²) in [6.07, 6.45) is 4.98. The van der Waals surface area contributed by atoms with E-state index >= 15 is 0 Å². The SMILES string of the molecule is CCOC(=O)Cc1cnc(Cn2ccccc2=O)nc1. The van der Waals surface area contributed by atoms with Crippen LogP contribution in [0.2, 0.25) is 0 Å². The summed E-state index contributed by atoms with van der Waals surface area (Å²) in [6.45, 7) is 2.42. The summed E-state index contributed by atoms with van der Waals surface area (Å²) in [5.41, 5.74) is 0.583. The molecular weight excluding hydrogens is 258 g/mol. The molecule has 0 radical (unpaired) electrons. The highest BCUT2D eigenvalue weighted by Crippen LogP contribution is 2.00. The van der Waals surface area contributed by atoms with Crippen molar-refractivity contribution in [3.8, 4) is 0 Å². The van der Waals surface area contributed by atoms with Crippen LogP contribution in [0.3, 0.4) is 0 Å². The van der Waals surface area contributed by atoms with Crippen LogP contribution in [0.25, 0.3) is 0 Å². The molecule has 0 saturated heterocycles. The molecule has 2 aromatic heterocycles. The molecule has 0 spiro atoms. The highest BCUT2D eigenvalue weighted by atomic mass is 16.5. The Kier molecular flexibility index (Phi) is 4.60. The summed E-state index contributed by atoms with van der Waals surface area (Å²) in [5, 5.41) is 0. The van der Waals surface area contributed by atoms with E-state index in [-0.39, 0.29) is 17.9 Å². The zero-order chi connectivity index (χ0) is 14.4. The predicted octanol–water partition coefficient (Wildman–Crippen LogP) is 0.792. The first kappa shape index (κ1) is 13.9. The standard InChI is InChI=1S/C14H15N3O3/c1-2-20-14(19)7-11-8-15-12(16-9-11)10-17-6-4-3-5-13(17)18/h3-6,8-9H,2,7,10H2,1H3. The number of aromatic nitrogens is 3. The van der Waals surface area contributed by atoms with Crippen LogP contribution in [0.15, 0.2) is 41.6 Å². The van der Waals surface area contributed by atoms with E-state index < -0.39 is 0 Å². The molecule has 0 bridgehead atoms. The van der Waals surface area contributed by atoms with Crippen LogP contribution in [0.4, 0.5) is 0 Å². The third-order valence-electron chi connectivity index (χ3n) is 2.62. The van der Waals surface area contributed by atoms with E-state index in [0.29, 0.717) is 24.5 Å². The minimum absolute atomic E-state index is 0.105. The molecular formula is C14H15N3O3. The Balaban J connectivity index is 2.03. The molecule has 20 heavy (non-hydrogen) atoms. The molecule has 0 aliphatic rings. The number of carbonyl (C=O) groups is 1. The smallest absolute Gasteiger partial charge is 0.310 e. The first-order valence-corrected chi connectivity index (χ1v) is 6.30. The molecule has 0 N–H and O–H groups in total. The molecule has 2 heterocycles. The zero-order valence-corrected chi connectivity index (χ0v) is 11.2. The number of rotatable bonds is 5. The largest absolute Gasteiger partial charge is 0.466 e. The van der Waals surface area contributed by atoms with Gasteiger partial charge in [0, 0.05) is 24.7 Å². The molecule has 104 valence electrons. The van der Waals surface area contributed by atoms with Crippen LogP contribution in [0, 0.1) is 0 Å². The highest BCUT2D eigenvalue weighted by Gasteiger charge is 2.06. The predicted molar refractivity (Wildman–Crippen MR) is 72.2 cm³/mol. The van der Waals surface area contributed by atoms with Crippen molar-refractivity contribution in [1.29, 1.82) is 0 Å². The second-order valence-corrected chi connectivity index (χ2v) is 4.16. The average Bonchev–Trinajstić information content (AvgIpc) is 2.44. The maximum absolute atomic E-state index is 11.6. The summed E-state index contributed by atoms with van der Waals surface area (Å²) in [5.74, 6) is 0.217. The molecule has 0 saturated carbocycles. The van der Waals surface area contributed by atoms with Gasteiger partial charge in [-0.05, 0) is 18.6 Å². The number of carbonyl (C=O) groups excluding carboxylic acids is 1. The van der Waals surface area contributed by atoms with Gasteiger partial charge in [0.15, 0.2) is 0 Å². The van der Waals surface area contributed by atoms with E-state index in [1.165, 1.54) is 10.6 Å². The van der Waals surface area contributed by atoms with Gasteiger partial charge in [-0.1, -0.05) is 6.07 Å². The lowest BCUT2D eigenvalue weighted by molar-refractivity contribution is -0.142. The maximum Gasteiger partial charge on any atom is 0.310 e. The van der Waals surface area contributed by atoms with Gasteiger partial charge in [0.05, 0.1) is 19.6 Å². The third-order valence-corrected chi connectivity index (χ3v) is 2.62. The summed E-state index contributed by atoms with van der Waals surface area (Å²) in [4.78, 5) is 31.2. The topological polar surface area (TPSA) is 74.1 Å². The third kappa shape index (κ3) is 3.74. The Morgan fingerprint density at radius 2 is 2.05 bits per heavy atom. The van der Waals surface area contributed by atoms with Crippen LogP contribution in [-0.4, -0.2) is 27.1 Å². The van der Waals surface area contributed by atoms with Crippen molar-refractivity contribution in [2.45, 2.75) is 19.9 Å². The molecule has 0 unspecified atom stereocenters. The van der Waals surface area contributed by atoms with Crippen LogP contribution in [-0.2, 0) is 22.5 Å². The number of hydrogen-bond acceptors (Lipinski definition) is 5. The van der Waals surface area contributed by atoms with Gasteiger partial charge in [0.25, 0.3) is 5.56 Å². The number of ether oxygens (including phenoxy) is 1. The maximum atomic E-state index is 11.6. The molecule has 6 heteroatoms. The molecule has 2 rings (SSSR count). The van der Waals surface area contributed by atoms with Crippen molar-refractivity contribution >= 4 is 5.97 Å². The average molecular weight is 273 g/mol. The van der Waals surface area contributed by atoms with Crippen molar-refractivity contribution < 1.29 is 9.53 Å². The van der Waals surface area contributed by atoms with E-state index in [0.717, 1.165) is 0 Å². The van der Waals surface area contributed by atoms with Crippen LogP contribution < -0.4 is 5.56 Å². The Labute approximate surface area is 116 Å². The van der Waals surface area contributed by atoms with Crippen LogP contribution >= 0.6 is 0 Å². The summed E-state index contributed by atoms with van der Waals surface area (Å²) >= 11 is 0. The Morgan fingerprint density at radius 1 is 1.30 bits per heavy atom. The van der Waals surface area contributed by atoms with Gasteiger partial charge >= 0.3 is 5.97 Å². The van der Waals surface area contributed by atoms with E-state index in [1.807, 2.05) is 0 Å². The molecule has 2 aromatic rings. The number of nitrogens with zero attached hydrogens (tertiary/aromatic N) is 3. The molecule has 0 amide bonds. The second-order valence-electron chi connectivity index (χ2n) is 4.16. The van der Waals surface area contributed by atoms with Gasteiger partial charge in [0.1, 0.15) is 5.82 Å². The Bertz CT molecular complexity index is 635. The summed E-state index contributed by atoms with van der Waals surface area (Å²) < 4.78 is 6.36. The fourth-order valence-electron chi connectivity index (χ4n) is 1.68. The van der Waals surface area contributed by atoms with Crippen LogP contribution in [0.1, 0.15) is 18.3 Å². The number of hydrogen-bond donors (Lipinski definition) is 0. The summed E-state index contributed by atoms with van der Waals surface area (Å²) in [6, 6.07) is 4.94. The molecule has 0 fully saturated rings. The minimum atomic E-state index is -0.303. The number of esters is 1. The molecule has 6 nitrogen and oxygen atoms in total. The molecule has 0 aliphatic heterocycles. The fourth-order valence-corrected chi connectivity index (χ4v) is 1.68. The first-order chi connectivity index (χ1) is 9.69. The second kappa shape index (κ2) is 6.60. The van der Waals surface area contributed by atoms with Crippen molar-refractivity contribution in [2.75, 3.05) is 6.61 Å². The lowest BCUT2D eigenvalue weighted by atomic mass is 10.2. The van der Waals surface area contributed by atoms with Gasteiger partial charge in [-0.3, -0.25) is 9.59 Å². The van der Waals surface area contributed by atoms with E-state index in [1.54, 1.807) is 37.6 Å². The van der Waals surface area contributed by atoms with Gasteiger partial charge in [0.2, 0.25) is 0 Å². The van der Waals surface area contributed by atoms with E-state index in [2.05, 4.69) is 9.97 Å². The quantitative estimate of drug-likeness (QED) is 0.753. The fraction of sp³-hybridized carbons (Fsp3) is 0.286. The van der Waals surface area contributed by atoms with Crippen molar-refractivity contribution in [2.24, 2.45) is 0 Å². The van der Waals surface area contributed by atoms with E-state index in [4.69, 9.17) is 4.74 Å². The zero-order valence-electron chi connectivity index (χ0n) is 11.2. The monoisotopic (exact) mass is 273 g/mol. The lowest BCUT2D eigenvalue weighted by Gasteiger charge is -2.05. The molecule has 0 aromatic carbocycles. The van der Waals surface area contributed by atoms with Crippen molar-refractivity contribution in [1.82, 2.24) is 14.5 Å². The van der Waals surface area contributed by atoms with Gasteiger partial charge < -0.3 is 9.30 Å². The molecule has 0 atom stereocenters. The van der Waals surface area contributed by atoms with Crippen molar-refractivity contribution in [3.05, 3.63) is 58.5 Å². The van der Waals surface area contributed by atoms with Crippen molar-refractivity contribution in [3.63, 3.8) is 0 Å².